The summed E-state index contributed by atoms with van der Waals surface area (Å²) in [6, 6.07) is -0.0182. The van der Waals surface area contributed by atoms with Crippen molar-refractivity contribution in [2.45, 2.75) is 51.9 Å². The fraction of sp³-hybridized carbons (Fsp3) is 0.750. The minimum absolute atomic E-state index is 0.0503. The topological polar surface area (TPSA) is 75.5 Å². The summed E-state index contributed by atoms with van der Waals surface area (Å²) in [5, 5.41) is 4.36. The van der Waals surface area contributed by atoms with Crippen molar-refractivity contribution in [1.82, 2.24) is 19.6 Å². The first-order valence-electron chi connectivity index (χ1n) is 8.57. The number of carbonyl (C=O) groups excluding carboxylic acids is 1. The Kier molecular flexibility index (Phi) is 4.70. The Hall–Kier alpha value is -1.41. The molecule has 2 unspecified atom stereocenters. The third-order valence-corrected chi connectivity index (χ3v) is 6.68. The Bertz CT molecular complexity index is 713. The first-order chi connectivity index (χ1) is 11.3. The lowest BCUT2D eigenvalue weighted by Crippen LogP contribution is -2.60. The van der Waals surface area contributed by atoms with Crippen LogP contribution in [0.4, 0.5) is 0 Å². The van der Waals surface area contributed by atoms with Gasteiger partial charge in [-0.1, -0.05) is 6.92 Å². The van der Waals surface area contributed by atoms with E-state index in [1.807, 2.05) is 24.0 Å². The quantitative estimate of drug-likeness (QED) is 0.795. The highest BCUT2D eigenvalue weighted by molar-refractivity contribution is 7.91. The maximum absolute atomic E-state index is 12.2. The SMILES string of the molecule is CCC(=O)N1CCN(Cc2cnn(C(C)C)c2)C2CS(=O)(=O)CC21. The van der Waals surface area contributed by atoms with E-state index in [2.05, 4.69) is 23.8 Å². The zero-order chi connectivity index (χ0) is 17.5. The second kappa shape index (κ2) is 6.48. The van der Waals surface area contributed by atoms with Crippen molar-refractivity contribution >= 4 is 15.7 Å². The predicted molar refractivity (Wildman–Crippen MR) is 91.3 cm³/mol. The van der Waals surface area contributed by atoms with Crippen LogP contribution in [-0.4, -0.2) is 70.6 Å². The van der Waals surface area contributed by atoms with E-state index in [0.717, 1.165) is 5.56 Å². The number of aromatic nitrogens is 2. The summed E-state index contributed by atoms with van der Waals surface area (Å²) < 4.78 is 26.2. The molecule has 0 saturated carbocycles. The van der Waals surface area contributed by atoms with Crippen molar-refractivity contribution in [2.75, 3.05) is 24.6 Å². The highest BCUT2D eigenvalue weighted by Gasteiger charge is 2.47. The van der Waals surface area contributed by atoms with Crippen LogP contribution in [0.3, 0.4) is 0 Å². The van der Waals surface area contributed by atoms with Crippen molar-refractivity contribution < 1.29 is 13.2 Å². The Balaban J connectivity index is 1.79. The number of amides is 1. The number of hydrogen-bond donors (Lipinski definition) is 0. The molecular formula is C16H26N4O3S. The molecule has 2 saturated heterocycles. The summed E-state index contributed by atoms with van der Waals surface area (Å²) in [5.74, 6) is 0.281. The van der Waals surface area contributed by atoms with Gasteiger partial charge in [0, 0.05) is 49.9 Å². The van der Waals surface area contributed by atoms with Gasteiger partial charge in [-0.15, -0.1) is 0 Å². The lowest BCUT2D eigenvalue weighted by Gasteiger charge is -2.43. The molecule has 1 amide bonds. The van der Waals surface area contributed by atoms with Gasteiger partial charge in [0.1, 0.15) is 0 Å². The molecule has 0 spiro atoms. The van der Waals surface area contributed by atoms with E-state index in [-0.39, 0.29) is 29.5 Å². The first-order valence-corrected chi connectivity index (χ1v) is 10.4. The molecule has 1 aromatic heterocycles. The van der Waals surface area contributed by atoms with Crippen molar-refractivity contribution in [3.8, 4) is 0 Å². The van der Waals surface area contributed by atoms with Crippen molar-refractivity contribution in [3.05, 3.63) is 18.0 Å². The molecule has 2 atom stereocenters. The number of rotatable bonds is 4. The van der Waals surface area contributed by atoms with Crippen molar-refractivity contribution in [1.29, 1.82) is 0 Å². The zero-order valence-electron chi connectivity index (χ0n) is 14.6. The van der Waals surface area contributed by atoms with Gasteiger partial charge in [-0.3, -0.25) is 14.4 Å². The highest BCUT2D eigenvalue weighted by atomic mass is 32.2. The number of sulfone groups is 1. The molecule has 24 heavy (non-hydrogen) atoms. The van der Waals surface area contributed by atoms with Crippen LogP contribution in [0, 0.1) is 0 Å². The Morgan fingerprint density at radius 3 is 2.62 bits per heavy atom. The van der Waals surface area contributed by atoms with Gasteiger partial charge in [-0.05, 0) is 13.8 Å². The van der Waals surface area contributed by atoms with E-state index in [1.54, 1.807) is 4.90 Å². The fourth-order valence-electron chi connectivity index (χ4n) is 3.71. The molecule has 0 aliphatic carbocycles. The highest BCUT2D eigenvalue weighted by Crippen LogP contribution is 2.28. The summed E-state index contributed by atoms with van der Waals surface area (Å²) in [6.07, 6.45) is 4.29. The van der Waals surface area contributed by atoms with E-state index in [0.29, 0.717) is 32.1 Å². The van der Waals surface area contributed by atoms with Gasteiger partial charge in [0.2, 0.25) is 5.91 Å². The minimum Gasteiger partial charge on any atom is -0.336 e. The van der Waals surface area contributed by atoms with Crippen molar-refractivity contribution in [3.63, 3.8) is 0 Å². The van der Waals surface area contributed by atoms with Gasteiger partial charge in [0.05, 0.1) is 23.7 Å². The second-order valence-electron chi connectivity index (χ2n) is 7.05. The molecule has 8 heteroatoms. The maximum Gasteiger partial charge on any atom is 0.222 e. The maximum atomic E-state index is 12.2. The molecule has 2 aliphatic rings. The third kappa shape index (κ3) is 3.35. The lowest BCUT2D eigenvalue weighted by molar-refractivity contribution is -0.136. The average molecular weight is 354 g/mol. The lowest BCUT2D eigenvalue weighted by atomic mass is 10.0. The molecule has 0 bridgehead atoms. The van der Waals surface area contributed by atoms with Crippen molar-refractivity contribution in [2.24, 2.45) is 0 Å². The molecule has 3 rings (SSSR count). The number of carbonyl (C=O) groups is 1. The largest absolute Gasteiger partial charge is 0.336 e. The molecular weight excluding hydrogens is 328 g/mol. The van der Waals surface area contributed by atoms with E-state index in [4.69, 9.17) is 0 Å². The molecule has 2 fully saturated rings. The molecule has 7 nitrogen and oxygen atoms in total. The van der Waals surface area contributed by atoms with Gasteiger partial charge in [-0.2, -0.15) is 5.10 Å². The van der Waals surface area contributed by atoms with Crippen LogP contribution in [0.25, 0.3) is 0 Å². The van der Waals surface area contributed by atoms with Crippen LogP contribution < -0.4 is 0 Å². The summed E-state index contributed by atoms with van der Waals surface area (Å²) in [6.45, 7) is 7.96. The van der Waals surface area contributed by atoms with E-state index in [9.17, 15) is 13.2 Å². The van der Waals surface area contributed by atoms with Gasteiger partial charge >= 0.3 is 0 Å². The van der Waals surface area contributed by atoms with E-state index < -0.39 is 9.84 Å². The number of fused-ring (bicyclic) bond motifs is 1. The van der Waals surface area contributed by atoms with Gasteiger partial charge in [-0.25, -0.2) is 8.42 Å². The molecule has 0 N–H and O–H groups in total. The minimum atomic E-state index is -3.09. The summed E-state index contributed by atoms with van der Waals surface area (Å²) in [4.78, 5) is 16.1. The Morgan fingerprint density at radius 2 is 2.00 bits per heavy atom. The summed E-state index contributed by atoms with van der Waals surface area (Å²) >= 11 is 0. The summed E-state index contributed by atoms with van der Waals surface area (Å²) in [5.41, 5.74) is 1.09. The summed E-state index contributed by atoms with van der Waals surface area (Å²) in [7, 11) is -3.09. The van der Waals surface area contributed by atoms with Crippen LogP contribution in [-0.2, 0) is 21.2 Å². The van der Waals surface area contributed by atoms with Crippen LogP contribution in [0.1, 0.15) is 38.8 Å². The van der Waals surface area contributed by atoms with Gasteiger partial charge in [0.15, 0.2) is 9.84 Å². The molecule has 0 radical (unpaired) electrons. The predicted octanol–water partition coefficient (Wildman–Crippen LogP) is 0.684. The number of hydrogen-bond acceptors (Lipinski definition) is 5. The standard InChI is InChI=1S/C16H26N4O3S/c1-4-16(21)19-6-5-18(14-10-24(22,23)11-15(14)19)8-13-7-17-20(9-13)12(2)3/h7,9,12,14-15H,4-6,8,10-11H2,1-3H3. The first kappa shape index (κ1) is 17.4. The molecule has 0 aromatic carbocycles. The third-order valence-electron chi connectivity index (χ3n) is 4.98. The normalized spacial score (nSPS) is 26.8. The molecule has 134 valence electrons. The Morgan fingerprint density at radius 1 is 1.29 bits per heavy atom. The van der Waals surface area contributed by atoms with E-state index in [1.165, 1.54) is 0 Å². The smallest absolute Gasteiger partial charge is 0.222 e. The van der Waals surface area contributed by atoms with Gasteiger partial charge in [0.25, 0.3) is 0 Å². The second-order valence-corrected chi connectivity index (χ2v) is 9.20. The van der Waals surface area contributed by atoms with Crippen LogP contribution in [0.15, 0.2) is 12.4 Å². The molecule has 1 aromatic rings. The van der Waals surface area contributed by atoms with E-state index >= 15 is 0 Å². The molecule has 2 aliphatic heterocycles. The number of piperazine rings is 1. The Labute approximate surface area is 143 Å². The monoisotopic (exact) mass is 354 g/mol. The van der Waals surface area contributed by atoms with Crippen LogP contribution in [0.5, 0.6) is 0 Å². The molecule has 3 heterocycles. The fourth-order valence-corrected chi connectivity index (χ4v) is 5.72. The number of nitrogens with zero attached hydrogens (tertiary/aromatic N) is 4. The van der Waals surface area contributed by atoms with Gasteiger partial charge < -0.3 is 4.90 Å². The zero-order valence-corrected chi connectivity index (χ0v) is 15.4. The van der Waals surface area contributed by atoms with Crippen LogP contribution >= 0.6 is 0 Å². The van der Waals surface area contributed by atoms with Crippen LogP contribution in [0.2, 0.25) is 0 Å². The average Bonchev–Trinajstić information content (AvgIpc) is 3.10.